The van der Waals surface area contributed by atoms with Gasteiger partial charge in [-0.2, -0.15) is 4.57 Å². The number of hydrogen-bond acceptors (Lipinski definition) is 14. The molecule has 2 fully saturated rings. The predicted molar refractivity (Wildman–Crippen MR) is 291 cm³/mol. The van der Waals surface area contributed by atoms with E-state index in [9.17, 15) is 18.4 Å². The van der Waals surface area contributed by atoms with Crippen molar-refractivity contribution < 1.29 is 36.8 Å². The average Bonchev–Trinajstić information content (AvgIpc) is 3.84. The summed E-state index contributed by atoms with van der Waals surface area (Å²) in [5, 5.41) is 13.5. The van der Waals surface area contributed by atoms with Crippen LogP contribution in [0.25, 0.3) is 50.3 Å². The minimum Gasteiger partial charge on any atom is -0.491 e. The Kier molecular flexibility index (Phi) is 15.7. The molecular formula is C57H55F3N13O4+. The molecule has 392 valence electrons. The summed E-state index contributed by atoms with van der Waals surface area (Å²) < 4.78 is 59.5. The quantitative estimate of drug-likeness (QED) is 0.0364. The van der Waals surface area contributed by atoms with Gasteiger partial charge in [0.1, 0.15) is 65.0 Å². The number of carbonyl (C=O) groups excluding carboxylic acids is 2. The first-order valence-corrected chi connectivity index (χ1v) is 25.1. The van der Waals surface area contributed by atoms with E-state index in [-0.39, 0.29) is 17.2 Å². The van der Waals surface area contributed by atoms with Crippen LogP contribution in [0.5, 0.6) is 11.5 Å². The van der Waals surface area contributed by atoms with E-state index < -0.39 is 29.3 Å². The summed E-state index contributed by atoms with van der Waals surface area (Å²) in [6, 6.07) is 20.2. The second-order valence-electron chi connectivity index (χ2n) is 18.9. The summed E-state index contributed by atoms with van der Waals surface area (Å²) in [5.74, 6) is -1.34. The molecule has 0 saturated carbocycles. The van der Waals surface area contributed by atoms with Crippen molar-refractivity contribution in [3.05, 3.63) is 152 Å². The van der Waals surface area contributed by atoms with Gasteiger partial charge in [0.05, 0.1) is 58.1 Å². The van der Waals surface area contributed by atoms with Crippen molar-refractivity contribution in [1.82, 2.24) is 39.6 Å². The Hall–Kier alpha value is -8.85. The number of aromatic nitrogens is 6. The molecule has 2 saturated heterocycles. The van der Waals surface area contributed by atoms with Crippen molar-refractivity contribution in [2.24, 2.45) is 0 Å². The molecule has 6 heterocycles. The number of nitrogens with one attached hydrogen (secondary N) is 4. The summed E-state index contributed by atoms with van der Waals surface area (Å²) >= 11 is 0. The van der Waals surface area contributed by atoms with Crippen molar-refractivity contribution in [2.75, 3.05) is 87.8 Å². The molecule has 77 heavy (non-hydrogen) atoms. The van der Waals surface area contributed by atoms with Crippen molar-refractivity contribution >= 4 is 74.2 Å². The molecule has 2 aliphatic heterocycles. The maximum absolute atomic E-state index is 15.5. The maximum Gasteiger partial charge on any atom is 0.254 e. The molecule has 0 unspecified atom stereocenters. The van der Waals surface area contributed by atoms with Gasteiger partial charge < -0.3 is 45.4 Å². The predicted octanol–water partition coefficient (Wildman–Crippen LogP) is 8.83. The molecule has 4 aromatic carbocycles. The summed E-state index contributed by atoms with van der Waals surface area (Å²) in [6.07, 6.45) is 14.5. The number of rotatable bonds is 18. The SMILES string of the molecule is C=CC(=O)Nc1cc2c(Nc3cc(-c4ccccc4F)c[n+](/C=C/C(=O)Nc4cc5c(Nc6cncc(-c7c(F)cccc7F)c6)ncnc5cc4OCCCN4CCN(C)CC4)c3)ncnc2cc1O[C@@H]1CCN(C)C1. The van der Waals surface area contributed by atoms with Crippen LogP contribution in [0.3, 0.4) is 0 Å². The Bertz CT molecular complexity index is 3520. The molecule has 2 aliphatic rings. The number of anilines is 6. The molecule has 4 aromatic heterocycles. The number of amides is 2. The second-order valence-corrected chi connectivity index (χ2v) is 18.9. The number of carbonyl (C=O) groups is 2. The number of likely N-dealkylation sites (N-methyl/N-ethyl adjacent to an activating group) is 2. The number of fused-ring (bicyclic) bond motifs is 2. The number of nitrogens with zero attached hydrogens (tertiary/aromatic N) is 9. The summed E-state index contributed by atoms with van der Waals surface area (Å²) in [6.45, 7) is 10.3. The molecule has 4 N–H and O–H groups in total. The van der Waals surface area contributed by atoms with Crippen LogP contribution in [0.4, 0.5) is 47.6 Å². The standard InChI is InChI=1S/C57H54F3N13O4/c1-4-53(74)68-50-26-43-48(28-52(50)77-40-13-16-71(3)33-40)63-35-65-57(43)67-39-24-37(41-9-5-6-10-44(41)58)31-73(32-39)17-14-54(75)69-49-25-42-47(27-51(49)76-22-8-15-72-20-18-70(2)19-21-72)62-34-64-56(42)66-38-23-36(29-61-30-38)55-45(59)11-7-12-46(55)60/h4-7,9-12,14,17,23-32,34-35,40H,1,8,13,15-16,18-22,33H2,2-3H3,(H3-,62,63,64,65,66,67,68,69,74,75)/p+1/b17-14+/t40-/m1/s1. The van der Waals surface area contributed by atoms with Gasteiger partial charge in [-0.25, -0.2) is 33.1 Å². The van der Waals surface area contributed by atoms with Crippen LogP contribution in [0.15, 0.2) is 135 Å². The zero-order chi connectivity index (χ0) is 53.4. The number of halogens is 3. The lowest BCUT2D eigenvalue weighted by molar-refractivity contribution is -0.566. The highest BCUT2D eigenvalue weighted by atomic mass is 19.1. The Balaban J connectivity index is 0.951. The van der Waals surface area contributed by atoms with Crippen LogP contribution in [-0.2, 0) is 9.59 Å². The first-order valence-electron chi connectivity index (χ1n) is 25.1. The van der Waals surface area contributed by atoms with Crippen LogP contribution < -0.4 is 35.3 Å². The minimum atomic E-state index is -0.731. The van der Waals surface area contributed by atoms with Gasteiger partial charge >= 0.3 is 0 Å². The van der Waals surface area contributed by atoms with Crippen molar-refractivity contribution in [3.63, 3.8) is 0 Å². The molecule has 8 aromatic rings. The van der Waals surface area contributed by atoms with Crippen molar-refractivity contribution in [2.45, 2.75) is 18.9 Å². The van der Waals surface area contributed by atoms with E-state index in [1.54, 1.807) is 71.6 Å². The molecule has 2 amide bonds. The van der Waals surface area contributed by atoms with Gasteiger partial charge in [0.15, 0.2) is 18.6 Å². The van der Waals surface area contributed by atoms with Gasteiger partial charge in [0.2, 0.25) is 5.91 Å². The average molecular weight is 1040 g/mol. The van der Waals surface area contributed by atoms with Gasteiger partial charge in [-0.3, -0.25) is 14.6 Å². The van der Waals surface area contributed by atoms with E-state index in [4.69, 9.17) is 9.47 Å². The largest absolute Gasteiger partial charge is 0.491 e. The van der Waals surface area contributed by atoms with Crippen LogP contribution in [0.2, 0.25) is 0 Å². The van der Waals surface area contributed by atoms with Gasteiger partial charge in [-0.15, -0.1) is 0 Å². The number of ether oxygens (including phenoxy) is 2. The van der Waals surface area contributed by atoms with Crippen LogP contribution in [0.1, 0.15) is 12.8 Å². The number of pyridine rings is 2. The highest BCUT2D eigenvalue weighted by Gasteiger charge is 2.24. The molecular weight excluding hydrogens is 988 g/mol. The first kappa shape index (κ1) is 51.6. The Labute approximate surface area is 442 Å². The lowest BCUT2D eigenvalue weighted by Crippen LogP contribution is -2.44. The lowest BCUT2D eigenvalue weighted by atomic mass is 10.1. The molecule has 1 atom stereocenters. The fourth-order valence-corrected chi connectivity index (χ4v) is 9.29. The maximum atomic E-state index is 15.5. The van der Waals surface area contributed by atoms with Crippen LogP contribution >= 0.6 is 0 Å². The second kappa shape index (κ2) is 23.4. The highest BCUT2D eigenvalue weighted by molar-refractivity contribution is 6.05. The normalized spacial score (nSPS) is 15.2. The Morgan fingerprint density at radius 3 is 2.09 bits per heavy atom. The molecule has 0 bridgehead atoms. The molecule has 10 rings (SSSR count). The van der Waals surface area contributed by atoms with Gasteiger partial charge in [0, 0.05) is 86.0 Å². The van der Waals surface area contributed by atoms with E-state index in [0.29, 0.717) is 85.4 Å². The highest BCUT2D eigenvalue weighted by Crippen LogP contribution is 2.37. The van der Waals surface area contributed by atoms with Gasteiger partial charge in [-0.1, -0.05) is 30.8 Å². The van der Waals surface area contributed by atoms with E-state index >= 15 is 4.39 Å². The topological polar surface area (TPSA) is 179 Å². The monoisotopic (exact) mass is 1040 g/mol. The first-order chi connectivity index (χ1) is 37.4. The molecule has 20 heteroatoms. The van der Waals surface area contributed by atoms with Crippen LogP contribution in [0, 0.1) is 17.5 Å². The van der Waals surface area contributed by atoms with E-state index in [1.165, 1.54) is 67.7 Å². The fourth-order valence-electron chi connectivity index (χ4n) is 9.29. The smallest absolute Gasteiger partial charge is 0.254 e. The molecule has 0 spiro atoms. The Morgan fingerprint density at radius 2 is 1.39 bits per heavy atom. The third-order valence-electron chi connectivity index (χ3n) is 13.3. The number of likely N-dealkylation sites (tertiary alicyclic amines) is 1. The molecule has 17 nitrogen and oxygen atoms in total. The Morgan fingerprint density at radius 1 is 0.727 bits per heavy atom. The van der Waals surface area contributed by atoms with Crippen molar-refractivity contribution in [1.29, 1.82) is 0 Å². The zero-order valence-electron chi connectivity index (χ0n) is 42.3. The summed E-state index contributed by atoms with van der Waals surface area (Å²) in [4.78, 5) is 56.0. The summed E-state index contributed by atoms with van der Waals surface area (Å²) in [5.41, 5.74) is 3.43. The van der Waals surface area contributed by atoms with Crippen LogP contribution in [-0.4, -0.2) is 124 Å². The zero-order valence-corrected chi connectivity index (χ0v) is 42.3. The number of benzene rings is 4. The van der Waals surface area contributed by atoms with E-state index in [1.807, 2.05) is 7.05 Å². The number of piperazine rings is 1. The van der Waals surface area contributed by atoms with Gasteiger partial charge in [0.25, 0.3) is 5.91 Å². The minimum absolute atomic E-state index is 0.0877. The third-order valence-corrected chi connectivity index (χ3v) is 13.3. The number of hydrogen-bond donors (Lipinski definition) is 4. The van der Waals surface area contributed by atoms with Gasteiger partial charge in [-0.05, 0) is 75.5 Å². The van der Waals surface area contributed by atoms with E-state index in [2.05, 4.69) is 74.5 Å². The van der Waals surface area contributed by atoms with E-state index in [0.717, 1.165) is 58.7 Å². The summed E-state index contributed by atoms with van der Waals surface area (Å²) in [7, 11) is 4.14. The molecule has 0 aliphatic carbocycles. The third kappa shape index (κ3) is 12.5. The van der Waals surface area contributed by atoms with Crippen molar-refractivity contribution in [3.8, 4) is 33.8 Å². The molecule has 0 radical (unpaired) electrons. The lowest BCUT2D eigenvalue weighted by Gasteiger charge is -2.32. The fraction of sp³-hybridized carbons (Fsp3) is 0.228.